The number of anilines is 1. The normalized spacial score (nSPS) is 12.2. The molecule has 28 heavy (non-hydrogen) atoms. The van der Waals surface area contributed by atoms with Gasteiger partial charge in [-0.1, -0.05) is 44.5 Å². The summed E-state index contributed by atoms with van der Waals surface area (Å²) in [5, 5.41) is 13.8. The summed E-state index contributed by atoms with van der Waals surface area (Å²) in [4.78, 5) is 0.165. The van der Waals surface area contributed by atoms with Crippen LogP contribution in [0, 0.1) is 0 Å². The number of nitrogens with one attached hydrogen (secondary N) is 1. The van der Waals surface area contributed by atoms with Crippen LogP contribution in [-0.2, 0) is 22.0 Å². The van der Waals surface area contributed by atoms with Gasteiger partial charge < -0.3 is 5.11 Å². The summed E-state index contributed by atoms with van der Waals surface area (Å²) in [5.41, 5.74) is 2.38. The van der Waals surface area contributed by atoms with E-state index in [1.54, 1.807) is 36.5 Å². The van der Waals surface area contributed by atoms with E-state index in [0.29, 0.717) is 22.0 Å². The Labute approximate surface area is 169 Å². The minimum atomic E-state index is -3.80. The molecule has 0 saturated heterocycles. The lowest BCUT2D eigenvalue weighted by atomic mass is 9.87. The van der Waals surface area contributed by atoms with Crippen molar-refractivity contribution in [3.8, 4) is 5.69 Å². The van der Waals surface area contributed by atoms with Gasteiger partial charge in [0.1, 0.15) is 0 Å². The van der Waals surface area contributed by atoms with Gasteiger partial charge in [0, 0.05) is 16.8 Å². The topological polar surface area (TPSA) is 84.2 Å². The van der Waals surface area contributed by atoms with Crippen LogP contribution in [0.15, 0.2) is 59.8 Å². The summed E-state index contributed by atoms with van der Waals surface area (Å²) in [6, 6.07) is 11.6. The van der Waals surface area contributed by atoms with Crippen LogP contribution in [0.3, 0.4) is 0 Å². The van der Waals surface area contributed by atoms with Gasteiger partial charge in [0.2, 0.25) is 0 Å². The molecule has 0 saturated carbocycles. The Morgan fingerprint density at radius 2 is 1.82 bits per heavy atom. The fourth-order valence-corrected chi connectivity index (χ4v) is 3.93. The van der Waals surface area contributed by atoms with E-state index >= 15 is 0 Å². The Balaban J connectivity index is 1.96. The highest BCUT2D eigenvalue weighted by molar-refractivity contribution is 7.92. The summed E-state index contributed by atoms with van der Waals surface area (Å²) >= 11 is 6.09. The number of aromatic nitrogens is 2. The first-order valence-electron chi connectivity index (χ1n) is 8.68. The minimum Gasteiger partial charge on any atom is -0.392 e. The van der Waals surface area contributed by atoms with Gasteiger partial charge in [-0.05, 0) is 41.3 Å². The van der Waals surface area contributed by atoms with Crippen molar-refractivity contribution in [1.29, 1.82) is 0 Å². The number of nitrogens with zero attached hydrogens (tertiary/aromatic N) is 2. The molecule has 1 aromatic heterocycles. The summed E-state index contributed by atoms with van der Waals surface area (Å²) in [7, 11) is -3.80. The van der Waals surface area contributed by atoms with E-state index in [-0.39, 0.29) is 16.9 Å². The SMILES string of the molecule is CC(C)(C)c1ccc(S(=O)(=O)Nc2ccc(Cl)cc2-n2cc(CO)cn2)cc1. The fourth-order valence-electron chi connectivity index (χ4n) is 2.69. The van der Waals surface area contributed by atoms with E-state index in [4.69, 9.17) is 11.6 Å². The van der Waals surface area contributed by atoms with Gasteiger partial charge in [-0.3, -0.25) is 4.72 Å². The quantitative estimate of drug-likeness (QED) is 0.651. The molecule has 148 valence electrons. The summed E-state index contributed by atoms with van der Waals surface area (Å²) < 4.78 is 29.8. The lowest BCUT2D eigenvalue weighted by Gasteiger charge is -2.19. The molecule has 0 amide bonds. The molecule has 6 nitrogen and oxygen atoms in total. The van der Waals surface area contributed by atoms with E-state index < -0.39 is 10.0 Å². The fraction of sp³-hybridized carbons (Fsp3) is 0.250. The standard InChI is InChI=1S/C20H22ClN3O3S/c1-20(2,3)15-4-7-17(8-5-15)28(26,27)23-18-9-6-16(21)10-19(18)24-12-14(13-25)11-22-24/h4-12,23,25H,13H2,1-3H3. The number of hydrogen-bond donors (Lipinski definition) is 2. The predicted molar refractivity (Wildman–Crippen MR) is 110 cm³/mol. The molecule has 0 aliphatic carbocycles. The Morgan fingerprint density at radius 1 is 1.14 bits per heavy atom. The van der Waals surface area contributed by atoms with Crippen molar-refractivity contribution in [2.75, 3.05) is 4.72 Å². The van der Waals surface area contributed by atoms with E-state index in [2.05, 4.69) is 30.6 Å². The van der Waals surface area contributed by atoms with Crippen molar-refractivity contribution in [2.24, 2.45) is 0 Å². The molecule has 0 unspecified atom stereocenters. The first-order valence-corrected chi connectivity index (χ1v) is 10.5. The molecule has 0 radical (unpaired) electrons. The van der Waals surface area contributed by atoms with Crippen molar-refractivity contribution in [3.63, 3.8) is 0 Å². The van der Waals surface area contributed by atoms with E-state index in [0.717, 1.165) is 5.56 Å². The molecular formula is C20H22ClN3O3S. The number of rotatable bonds is 5. The number of sulfonamides is 1. The number of benzene rings is 2. The monoisotopic (exact) mass is 419 g/mol. The lowest BCUT2D eigenvalue weighted by Crippen LogP contribution is -2.16. The van der Waals surface area contributed by atoms with Gasteiger partial charge in [-0.15, -0.1) is 0 Å². The number of aliphatic hydroxyl groups is 1. The smallest absolute Gasteiger partial charge is 0.261 e. The highest BCUT2D eigenvalue weighted by Crippen LogP contribution is 2.28. The van der Waals surface area contributed by atoms with Crippen LogP contribution in [0.5, 0.6) is 0 Å². The molecule has 0 aliphatic heterocycles. The van der Waals surface area contributed by atoms with Crippen molar-refractivity contribution in [1.82, 2.24) is 9.78 Å². The zero-order valence-corrected chi connectivity index (χ0v) is 17.4. The average Bonchev–Trinajstić information content (AvgIpc) is 3.11. The second kappa shape index (κ2) is 7.58. The maximum absolute atomic E-state index is 12.9. The molecule has 0 fully saturated rings. The number of hydrogen-bond acceptors (Lipinski definition) is 4. The minimum absolute atomic E-state index is 0.0659. The van der Waals surface area contributed by atoms with Crippen LogP contribution >= 0.6 is 11.6 Å². The summed E-state index contributed by atoms with van der Waals surface area (Å²) in [6.07, 6.45) is 3.12. The predicted octanol–water partition coefficient (Wildman–Crippen LogP) is 4.12. The molecule has 3 aromatic rings. The van der Waals surface area contributed by atoms with E-state index in [9.17, 15) is 13.5 Å². The Hall–Kier alpha value is -2.35. The summed E-state index contributed by atoms with van der Waals surface area (Å²) in [6.45, 7) is 6.04. The third-order valence-corrected chi connectivity index (χ3v) is 5.92. The van der Waals surface area contributed by atoms with Crippen molar-refractivity contribution >= 4 is 27.3 Å². The van der Waals surface area contributed by atoms with Gasteiger partial charge in [0.15, 0.2) is 0 Å². The number of aliphatic hydroxyl groups excluding tert-OH is 1. The maximum Gasteiger partial charge on any atom is 0.261 e. The average molecular weight is 420 g/mol. The molecule has 0 bridgehead atoms. The molecule has 0 atom stereocenters. The van der Waals surface area contributed by atoms with Crippen molar-refractivity contribution in [3.05, 3.63) is 71.0 Å². The van der Waals surface area contributed by atoms with Gasteiger partial charge in [0.25, 0.3) is 10.0 Å². The Bertz CT molecular complexity index is 1080. The lowest BCUT2D eigenvalue weighted by molar-refractivity contribution is 0.282. The summed E-state index contributed by atoms with van der Waals surface area (Å²) in [5.74, 6) is 0. The van der Waals surface area contributed by atoms with E-state index in [1.165, 1.54) is 10.9 Å². The molecule has 1 heterocycles. The van der Waals surface area contributed by atoms with Crippen LogP contribution in [0.4, 0.5) is 5.69 Å². The van der Waals surface area contributed by atoms with Crippen molar-refractivity contribution in [2.45, 2.75) is 37.7 Å². The van der Waals surface area contributed by atoms with Crippen LogP contribution < -0.4 is 4.72 Å². The third kappa shape index (κ3) is 4.38. The second-order valence-corrected chi connectivity index (χ2v) is 9.61. The molecule has 2 aromatic carbocycles. The Morgan fingerprint density at radius 3 is 2.39 bits per heavy atom. The first-order chi connectivity index (χ1) is 13.1. The van der Waals surface area contributed by atoms with Gasteiger partial charge in [0.05, 0.1) is 29.1 Å². The van der Waals surface area contributed by atoms with Crippen LogP contribution in [-0.4, -0.2) is 23.3 Å². The van der Waals surface area contributed by atoms with Gasteiger partial charge in [-0.25, -0.2) is 13.1 Å². The van der Waals surface area contributed by atoms with Crippen LogP contribution in [0.2, 0.25) is 5.02 Å². The Kier molecular flexibility index (Phi) is 5.52. The third-order valence-electron chi connectivity index (χ3n) is 4.30. The molecule has 8 heteroatoms. The zero-order chi connectivity index (χ0) is 20.5. The number of halogens is 1. The van der Waals surface area contributed by atoms with Gasteiger partial charge in [-0.2, -0.15) is 5.10 Å². The van der Waals surface area contributed by atoms with Crippen LogP contribution in [0.25, 0.3) is 5.69 Å². The second-order valence-electron chi connectivity index (χ2n) is 7.49. The highest BCUT2D eigenvalue weighted by atomic mass is 35.5. The largest absolute Gasteiger partial charge is 0.392 e. The molecule has 0 spiro atoms. The van der Waals surface area contributed by atoms with Crippen molar-refractivity contribution < 1.29 is 13.5 Å². The molecule has 2 N–H and O–H groups in total. The molecule has 0 aliphatic rings. The maximum atomic E-state index is 12.9. The molecular weight excluding hydrogens is 398 g/mol. The van der Waals surface area contributed by atoms with Crippen LogP contribution in [0.1, 0.15) is 31.9 Å². The molecule has 3 rings (SSSR count). The first kappa shape index (κ1) is 20.4. The zero-order valence-electron chi connectivity index (χ0n) is 15.8. The highest BCUT2D eigenvalue weighted by Gasteiger charge is 2.19. The van der Waals surface area contributed by atoms with E-state index in [1.807, 2.05) is 12.1 Å². The van der Waals surface area contributed by atoms with Gasteiger partial charge >= 0.3 is 0 Å².